The molecule has 0 atom stereocenters. The molecule has 6 nitrogen and oxygen atoms in total. The molecule has 7 heteroatoms. The molecule has 2 N–H and O–H groups in total. The third kappa shape index (κ3) is 5.21. The molecule has 0 saturated carbocycles. The number of hydrogen-bond acceptors (Lipinski definition) is 4. The molecule has 0 unspecified atom stereocenters. The predicted molar refractivity (Wildman–Crippen MR) is 158 cm³/mol. The molecule has 2 aliphatic heterocycles. The molecule has 0 radical (unpaired) electrons. The molecule has 40 heavy (non-hydrogen) atoms. The number of fused-ring (bicyclic) bond motifs is 5. The molecule has 0 aliphatic carbocycles. The first kappa shape index (κ1) is 26.1. The average molecular weight is 540 g/mol. The molecule has 3 heterocycles. The zero-order valence-electron chi connectivity index (χ0n) is 23.1. The number of carbonyl (C=O) groups is 1. The monoisotopic (exact) mass is 539 g/mol. The van der Waals surface area contributed by atoms with Crippen molar-refractivity contribution >= 4 is 39.9 Å². The number of ether oxygens (including phenoxy) is 2. The fourth-order valence-electron chi connectivity index (χ4n) is 5.67. The van der Waals surface area contributed by atoms with Crippen LogP contribution in [0.3, 0.4) is 0 Å². The molecule has 1 fully saturated rings. The normalized spacial score (nSPS) is 17.3. The van der Waals surface area contributed by atoms with Gasteiger partial charge in [-0.25, -0.2) is 4.39 Å². The minimum atomic E-state index is -0.461. The lowest BCUT2D eigenvalue weighted by atomic mass is 9.96. The van der Waals surface area contributed by atoms with E-state index in [1.807, 2.05) is 50.3 Å². The van der Waals surface area contributed by atoms with E-state index < -0.39 is 5.60 Å². The molecule has 2 aliphatic rings. The zero-order chi connectivity index (χ0) is 27.9. The Morgan fingerprint density at radius 3 is 2.75 bits per heavy atom. The molecular weight excluding hydrogens is 505 g/mol. The summed E-state index contributed by atoms with van der Waals surface area (Å²) in [6, 6.07) is 15.1. The summed E-state index contributed by atoms with van der Waals surface area (Å²) >= 11 is 0. The number of aromatic nitrogens is 1. The van der Waals surface area contributed by atoms with Gasteiger partial charge in [0, 0.05) is 64.7 Å². The van der Waals surface area contributed by atoms with Crippen molar-refractivity contribution in [1.29, 1.82) is 0 Å². The lowest BCUT2D eigenvalue weighted by molar-refractivity contribution is -0.117. The van der Waals surface area contributed by atoms with Gasteiger partial charge in [0.05, 0.1) is 12.6 Å². The molecule has 206 valence electrons. The second-order valence-corrected chi connectivity index (χ2v) is 11.2. The van der Waals surface area contributed by atoms with E-state index in [4.69, 9.17) is 9.47 Å². The highest BCUT2D eigenvalue weighted by atomic mass is 19.1. The van der Waals surface area contributed by atoms with Gasteiger partial charge in [-0.15, -0.1) is 0 Å². The number of aromatic amines is 1. The van der Waals surface area contributed by atoms with Gasteiger partial charge in [0.2, 0.25) is 5.91 Å². The SMILES string of the molecule is COc1ccc2[nH]c3c4c(c(/C=C/C(=O)NC5CCN(Cc6ccccc6F)CC5)cc3c2c1)OC(C)(C)C=C4. The third-order valence-electron chi connectivity index (χ3n) is 7.84. The number of likely N-dealkylation sites (tertiary alicyclic amines) is 1. The van der Waals surface area contributed by atoms with Crippen molar-refractivity contribution < 1.29 is 18.7 Å². The van der Waals surface area contributed by atoms with Crippen LogP contribution in [0.5, 0.6) is 11.5 Å². The number of halogens is 1. The van der Waals surface area contributed by atoms with Crippen molar-refractivity contribution in [2.45, 2.75) is 44.9 Å². The number of nitrogens with one attached hydrogen (secondary N) is 2. The number of benzene rings is 3. The summed E-state index contributed by atoms with van der Waals surface area (Å²) in [4.78, 5) is 18.7. The molecule has 1 aromatic heterocycles. The number of carbonyl (C=O) groups excluding carboxylic acids is 1. The van der Waals surface area contributed by atoms with Gasteiger partial charge in [-0.05, 0) is 75.2 Å². The summed E-state index contributed by atoms with van der Waals surface area (Å²) in [5.41, 5.74) is 4.07. The van der Waals surface area contributed by atoms with Crippen molar-refractivity contribution in [1.82, 2.24) is 15.2 Å². The standard InChI is InChI=1S/C33H34FN3O3/c1-33(2)15-12-25-31-27(26-19-24(39-3)9-10-29(26)36-31)18-21(32(25)40-33)8-11-30(38)35-23-13-16-37(17-14-23)20-22-6-4-5-7-28(22)34/h4-12,15,18-19,23,36H,13-14,16-17,20H2,1-3H3,(H,35,38)/b11-8+. The predicted octanol–water partition coefficient (Wildman–Crippen LogP) is 6.45. The highest BCUT2D eigenvalue weighted by Crippen LogP contribution is 2.42. The molecule has 6 rings (SSSR count). The molecule has 0 spiro atoms. The first-order valence-electron chi connectivity index (χ1n) is 13.8. The van der Waals surface area contributed by atoms with Crippen LogP contribution in [-0.2, 0) is 11.3 Å². The van der Waals surface area contributed by atoms with Crippen molar-refractivity contribution in [2.75, 3.05) is 20.2 Å². The topological polar surface area (TPSA) is 66.6 Å². The maximum Gasteiger partial charge on any atom is 0.244 e. The van der Waals surface area contributed by atoms with Gasteiger partial charge < -0.3 is 19.8 Å². The number of H-pyrrole nitrogens is 1. The molecule has 0 bridgehead atoms. The van der Waals surface area contributed by atoms with Crippen LogP contribution in [0.2, 0.25) is 0 Å². The molecule has 4 aromatic rings. The lowest BCUT2D eigenvalue weighted by Gasteiger charge is -2.32. The molecule has 1 amide bonds. The fraction of sp³-hybridized carbons (Fsp3) is 0.303. The van der Waals surface area contributed by atoms with Gasteiger partial charge in [0.15, 0.2) is 0 Å². The van der Waals surface area contributed by atoms with Gasteiger partial charge >= 0.3 is 0 Å². The van der Waals surface area contributed by atoms with Gasteiger partial charge in [0.1, 0.15) is 22.9 Å². The minimum Gasteiger partial charge on any atom is -0.497 e. The van der Waals surface area contributed by atoms with Crippen LogP contribution in [0.15, 0.2) is 60.7 Å². The maximum atomic E-state index is 14.0. The Bertz CT molecular complexity index is 1640. The number of piperidine rings is 1. The number of rotatable bonds is 6. The number of methoxy groups -OCH3 is 1. The Morgan fingerprint density at radius 1 is 1.18 bits per heavy atom. The van der Waals surface area contributed by atoms with Gasteiger partial charge in [-0.3, -0.25) is 9.69 Å². The Hall–Kier alpha value is -4.10. The summed E-state index contributed by atoms with van der Waals surface area (Å²) in [5.74, 6) is 1.24. The summed E-state index contributed by atoms with van der Waals surface area (Å²) in [7, 11) is 1.66. The van der Waals surface area contributed by atoms with E-state index >= 15 is 0 Å². The second-order valence-electron chi connectivity index (χ2n) is 11.2. The summed E-state index contributed by atoms with van der Waals surface area (Å²) in [6.45, 7) is 6.25. The summed E-state index contributed by atoms with van der Waals surface area (Å²) < 4.78 is 25.9. The number of hydrogen-bond donors (Lipinski definition) is 2. The van der Waals surface area contributed by atoms with Crippen LogP contribution in [0.25, 0.3) is 34.0 Å². The maximum absolute atomic E-state index is 14.0. The Balaban J connectivity index is 1.20. The number of nitrogens with zero attached hydrogens (tertiary/aromatic N) is 1. The quantitative estimate of drug-likeness (QED) is 0.277. The van der Waals surface area contributed by atoms with Crippen molar-refractivity contribution in [3.8, 4) is 11.5 Å². The highest BCUT2D eigenvalue weighted by Gasteiger charge is 2.27. The van der Waals surface area contributed by atoms with Crippen LogP contribution in [-0.4, -0.2) is 47.6 Å². The minimum absolute atomic E-state index is 0.0876. The zero-order valence-corrected chi connectivity index (χ0v) is 23.1. The van der Waals surface area contributed by atoms with E-state index in [9.17, 15) is 9.18 Å². The largest absolute Gasteiger partial charge is 0.497 e. The van der Waals surface area contributed by atoms with E-state index in [2.05, 4.69) is 33.4 Å². The van der Waals surface area contributed by atoms with E-state index in [-0.39, 0.29) is 17.8 Å². The van der Waals surface area contributed by atoms with Crippen LogP contribution in [0.4, 0.5) is 4.39 Å². The second kappa shape index (κ2) is 10.5. The van der Waals surface area contributed by atoms with E-state index in [1.54, 1.807) is 19.3 Å². The van der Waals surface area contributed by atoms with Crippen LogP contribution >= 0.6 is 0 Å². The van der Waals surface area contributed by atoms with Crippen molar-refractivity contribution in [2.24, 2.45) is 0 Å². The lowest BCUT2D eigenvalue weighted by Crippen LogP contribution is -2.44. The van der Waals surface area contributed by atoms with Crippen molar-refractivity contribution in [3.05, 3.63) is 83.2 Å². The molecule has 1 saturated heterocycles. The smallest absolute Gasteiger partial charge is 0.244 e. The Kier molecular flexibility index (Phi) is 6.84. The van der Waals surface area contributed by atoms with Crippen molar-refractivity contribution in [3.63, 3.8) is 0 Å². The first-order valence-corrected chi connectivity index (χ1v) is 13.8. The molecular formula is C33H34FN3O3. The van der Waals surface area contributed by atoms with Crippen LogP contribution < -0.4 is 14.8 Å². The summed E-state index contributed by atoms with van der Waals surface area (Å²) in [5, 5.41) is 5.25. The fourth-order valence-corrected chi connectivity index (χ4v) is 5.67. The van der Waals surface area contributed by atoms with Gasteiger partial charge in [0.25, 0.3) is 0 Å². The highest BCUT2D eigenvalue weighted by molar-refractivity contribution is 6.12. The summed E-state index contributed by atoms with van der Waals surface area (Å²) in [6.07, 6.45) is 9.25. The average Bonchev–Trinajstić information content (AvgIpc) is 3.31. The molecule has 3 aromatic carbocycles. The Labute approximate surface area is 233 Å². The first-order chi connectivity index (χ1) is 19.3. The van der Waals surface area contributed by atoms with E-state index in [0.29, 0.717) is 12.1 Å². The van der Waals surface area contributed by atoms with Gasteiger partial charge in [-0.1, -0.05) is 18.2 Å². The van der Waals surface area contributed by atoms with E-state index in [0.717, 1.165) is 70.4 Å². The number of amides is 1. The third-order valence-corrected chi connectivity index (χ3v) is 7.84. The van der Waals surface area contributed by atoms with E-state index in [1.165, 1.54) is 6.07 Å². The van der Waals surface area contributed by atoms with Crippen LogP contribution in [0, 0.1) is 5.82 Å². The van der Waals surface area contributed by atoms with Crippen LogP contribution in [0.1, 0.15) is 43.4 Å². The Morgan fingerprint density at radius 2 is 1.98 bits per heavy atom. The van der Waals surface area contributed by atoms with Gasteiger partial charge in [-0.2, -0.15) is 0 Å².